The molecule has 2 heterocycles. The van der Waals surface area contributed by atoms with Crippen LogP contribution in [0.1, 0.15) is 26.2 Å². The van der Waals surface area contributed by atoms with Crippen LogP contribution in [0.15, 0.2) is 23.2 Å². The van der Waals surface area contributed by atoms with E-state index in [0.717, 1.165) is 31.3 Å². The van der Waals surface area contributed by atoms with Gasteiger partial charge >= 0.3 is 0 Å². The summed E-state index contributed by atoms with van der Waals surface area (Å²) in [6.45, 7) is 3.11. The normalized spacial score (nSPS) is 17.7. The number of nitrogens with zero attached hydrogens (tertiary/aromatic N) is 3. The number of hydrogen-bond donors (Lipinski definition) is 0. The van der Waals surface area contributed by atoms with Crippen LogP contribution in [0.25, 0.3) is 10.2 Å². The Morgan fingerprint density at radius 1 is 1.39 bits per heavy atom. The first-order valence-corrected chi connectivity index (χ1v) is 11.1. The van der Waals surface area contributed by atoms with Gasteiger partial charge in [-0.1, -0.05) is 17.3 Å². The van der Waals surface area contributed by atoms with Crippen molar-refractivity contribution in [3.8, 4) is 12.3 Å². The van der Waals surface area contributed by atoms with Crippen molar-refractivity contribution in [2.75, 3.05) is 18.1 Å². The zero-order valence-electron chi connectivity index (χ0n) is 15.7. The van der Waals surface area contributed by atoms with Gasteiger partial charge in [0.05, 0.1) is 28.3 Å². The van der Waals surface area contributed by atoms with E-state index in [1.807, 2.05) is 4.90 Å². The van der Waals surface area contributed by atoms with Crippen molar-refractivity contribution in [2.45, 2.75) is 38.8 Å². The van der Waals surface area contributed by atoms with Gasteiger partial charge in [0.25, 0.3) is 5.91 Å². The largest absolute Gasteiger partial charge is 0.339 e. The standard InChI is InChI=1S/C20H22FN3O2S2/c1-3-9-24-16-8-7-15(21)11-17(16)28-20(24)22-18(25)12-27-13-19(26)23-10-5-4-6-14(23)2/h1,7-8,11,14H,4-6,9-10,12-13H2,2H3. The van der Waals surface area contributed by atoms with Crippen molar-refractivity contribution in [1.82, 2.24) is 9.47 Å². The molecule has 0 bridgehead atoms. The number of carbonyl (C=O) groups is 2. The molecule has 1 aromatic carbocycles. The van der Waals surface area contributed by atoms with Gasteiger partial charge in [0.1, 0.15) is 5.82 Å². The molecule has 1 aromatic heterocycles. The summed E-state index contributed by atoms with van der Waals surface area (Å²) < 4.78 is 15.9. The summed E-state index contributed by atoms with van der Waals surface area (Å²) in [5.74, 6) is 2.32. The maximum Gasteiger partial charge on any atom is 0.258 e. The van der Waals surface area contributed by atoms with E-state index in [9.17, 15) is 14.0 Å². The number of thiazole rings is 1. The number of terminal acetylenes is 1. The van der Waals surface area contributed by atoms with Crippen molar-refractivity contribution in [3.63, 3.8) is 0 Å². The Bertz CT molecular complexity index is 989. The second-order valence-electron chi connectivity index (χ2n) is 6.72. The van der Waals surface area contributed by atoms with Gasteiger partial charge in [-0.3, -0.25) is 9.59 Å². The predicted molar refractivity (Wildman–Crippen MR) is 112 cm³/mol. The van der Waals surface area contributed by atoms with Gasteiger partial charge in [-0.2, -0.15) is 4.99 Å². The number of halogens is 1. The topological polar surface area (TPSA) is 54.7 Å². The van der Waals surface area contributed by atoms with Crippen LogP contribution in [0.3, 0.4) is 0 Å². The zero-order valence-corrected chi connectivity index (χ0v) is 17.3. The minimum absolute atomic E-state index is 0.0738. The highest BCUT2D eigenvalue weighted by Gasteiger charge is 2.22. The number of amides is 2. The number of hydrogen-bond acceptors (Lipinski definition) is 4. The predicted octanol–water partition coefficient (Wildman–Crippen LogP) is 3.04. The number of fused-ring (bicyclic) bond motifs is 1. The highest BCUT2D eigenvalue weighted by molar-refractivity contribution is 8.00. The third-order valence-corrected chi connectivity index (χ3v) is 6.63. The molecule has 28 heavy (non-hydrogen) atoms. The lowest BCUT2D eigenvalue weighted by Crippen LogP contribution is -2.43. The fourth-order valence-electron chi connectivity index (χ4n) is 3.29. The first kappa shape index (κ1) is 20.6. The van der Waals surface area contributed by atoms with E-state index in [1.54, 1.807) is 10.6 Å². The van der Waals surface area contributed by atoms with E-state index in [2.05, 4.69) is 17.8 Å². The van der Waals surface area contributed by atoms with Crippen LogP contribution in [-0.2, 0) is 16.1 Å². The van der Waals surface area contributed by atoms with Gasteiger partial charge in [0.2, 0.25) is 5.91 Å². The summed E-state index contributed by atoms with van der Waals surface area (Å²) in [7, 11) is 0. The van der Waals surface area contributed by atoms with Crippen LogP contribution in [0.5, 0.6) is 0 Å². The summed E-state index contributed by atoms with van der Waals surface area (Å²) in [5.41, 5.74) is 0.748. The molecule has 0 spiro atoms. The van der Waals surface area contributed by atoms with Crippen molar-refractivity contribution in [3.05, 3.63) is 28.8 Å². The average Bonchev–Trinajstić information content (AvgIpc) is 2.98. The number of benzene rings is 1. The number of likely N-dealkylation sites (tertiary alicyclic amines) is 1. The monoisotopic (exact) mass is 419 g/mol. The molecule has 8 heteroatoms. The van der Waals surface area contributed by atoms with Crippen molar-refractivity contribution >= 4 is 45.1 Å². The van der Waals surface area contributed by atoms with Gasteiger partial charge in [-0.05, 0) is 44.4 Å². The molecule has 5 nitrogen and oxygen atoms in total. The van der Waals surface area contributed by atoms with Gasteiger partial charge in [0.15, 0.2) is 4.80 Å². The van der Waals surface area contributed by atoms with E-state index in [4.69, 9.17) is 6.42 Å². The molecular weight excluding hydrogens is 397 g/mol. The molecule has 1 atom stereocenters. The lowest BCUT2D eigenvalue weighted by atomic mass is 10.0. The molecule has 1 saturated heterocycles. The lowest BCUT2D eigenvalue weighted by molar-refractivity contribution is -0.131. The molecule has 1 aliphatic heterocycles. The number of thioether (sulfide) groups is 1. The molecule has 3 rings (SSSR count). The Balaban J connectivity index is 1.66. The molecule has 2 amide bonds. The van der Waals surface area contributed by atoms with Gasteiger partial charge in [-0.25, -0.2) is 4.39 Å². The second kappa shape index (κ2) is 9.39. The Morgan fingerprint density at radius 2 is 2.21 bits per heavy atom. The summed E-state index contributed by atoms with van der Waals surface area (Å²) in [6, 6.07) is 4.67. The molecule has 0 aliphatic carbocycles. The van der Waals surface area contributed by atoms with E-state index in [-0.39, 0.29) is 41.7 Å². The Labute approximate surface area is 171 Å². The SMILES string of the molecule is C#CCn1c(=NC(=O)CSCC(=O)N2CCCCC2C)sc2cc(F)ccc21. The Morgan fingerprint density at radius 3 is 2.96 bits per heavy atom. The fraction of sp³-hybridized carbons (Fsp3) is 0.450. The van der Waals surface area contributed by atoms with Crippen molar-refractivity contribution in [1.29, 1.82) is 0 Å². The van der Waals surface area contributed by atoms with E-state index < -0.39 is 0 Å². The summed E-state index contributed by atoms with van der Waals surface area (Å²) in [6.07, 6.45) is 8.65. The van der Waals surface area contributed by atoms with Crippen molar-refractivity contribution in [2.24, 2.45) is 4.99 Å². The van der Waals surface area contributed by atoms with Crippen LogP contribution in [-0.4, -0.2) is 45.4 Å². The maximum absolute atomic E-state index is 13.5. The summed E-state index contributed by atoms with van der Waals surface area (Å²) in [4.78, 5) is 31.1. The number of rotatable bonds is 5. The lowest BCUT2D eigenvalue weighted by Gasteiger charge is -2.33. The smallest absolute Gasteiger partial charge is 0.258 e. The first-order chi connectivity index (χ1) is 13.5. The van der Waals surface area contributed by atoms with Crippen LogP contribution >= 0.6 is 23.1 Å². The average molecular weight is 420 g/mol. The minimum atomic E-state index is -0.347. The van der Waals surface area contributed by atoms with Crippen LogP contribution in [0.2, 0.25) is 0 Å². The Kier molecular flexibility index (Phi) is 6.92. The highest BCUT2D eigenvalue weighted by atomic mass is 32.2. The molecule has 1 aliphatic rings. The molecular formula is C20H22FN3O2S2. The fourth-order valence-corrected chi connectivity index (χ4v) is 5.05. The molecule has 2 aromatic rings. The Hall–Kier alpha value is -2.11. The quantitative estimate of drug-likeness (QED) is 0.700. The van der Waals surface area contributed by atoms with E-state index in [1.165, 1.54) is 35.2 Å². The van der Waals surface area contributed by atoms with Crippen LogP contribution < -0.4 is 4.80 Å². The third-order valence-electron chi connectivity index (χ3n) is 4.69. The van der Waals surface area contributed by atoms with Gasteiger partial charge in [0, 0.05) is 12.6 Å². The second-order valence-corrected chi connectivity index (χ2v) is 8.71. The maximum atomic E-state index is 13.5. The minimum Gasteiger partial charge on any atom is -0.339 e. The zero-order chi connectivity index (χ0) is 20.1. The molecule has 0 radical (unpaired) electrons. The molecule has 148 valence electrons. The molecule has 1 fully saturated rings. The number of aromatic nitrogens is 1. The van der Waals surface area contributed by atoms with Crippen molar-refractivity contribution < 1.29 is 14.0 Å². The third kappa shape index (κ3) is 4.83. The van der Waals surface area contributed by atoms with Crippen LogP contribution in [0.4, 0.5) is 4.39 Å². The van der Waals surface area contributed by atoms with E-state index >= 15 is 0 Å². The van der Waals surface area contributed by atoms with E-state index in [0.29, 0.717) is 9.50 Å². The molecule has 1 unspecified atom stereocenters. The number of carbonyl (C=O) groups excluding carboxylic acids is 2. The summed E-state index contributed by atoms with van der Waals surface area (Å²) in [5, 5.41) is 0. The molecule has 0 saturated carbocycles. The molecule has 0 N–H and O–H groups in total. The van der Waals surface area contributed by atoms with Gasteiger partial charge in [-0.15, -0.1) is 18.2 Å². The number of piperidine rings is 1. The van der Waals surface area contributed by atoms with Gasteiger partial charge < -0.3 is 9.47 Å². The summed E-state index contributed by atoms with van der Waals surface area (Å²) >= 11 is 2.50. The first-order valence-electron chi connectivity index (χ1n) is 9.16. The highest BCUT2D eigenvalue weighted by Crippen LogP contribution is 2.19. The van der Waals surface area contributed by atoms with Crippen LogP contribution in [0, 0.1) is 18.2 Å².